The normalized spacial score (nSPS) is 13.0. The second-order valence-corrected chi connectivity index (χ2v) is 16.3. The Hall–Kier alpha value is -7.06. The summed E-state index contributed by atoms with van der Waals surface area (Å²) in [7, 11) is 0. The summed E-state index contributed by atoms with van der Waals surface area (Å²) in [5, 5.41) is 0. The van der Waals surface area contributed by atoms with Gasteiger partial charge in [-0.05, 0) is 141 Å². The molecule has 0 heterocycles. The fraction of sp³-hybridized carbons (Fsp3) is 0.127. The first-order chi connectivity index (χ1) is 30.3. The minimum absolute atomic E-state index is 0.0857. The minimum atomic E-state index is -5.78. The number of alkyl halides is 6. The summed E-state index contributed by atoms with van der Waals surface area (Å²) in [6, 6.07) is 47.4. The van der Waals surface area contributed by atoms with Crippen LogP contribution in [0, 0.1) is 13.8 Å². The number of aryl methyl sites for hydroxylation is 2. The van der Waals surface area contributed by atoms with Gasteiger partial charge in [-0.15, -0.1) is 0 Å². The molecular weight excluding hydrogens is 807 g/mol. The van der Waals surface area contributed by atoms with E-state index in [0.717, 1.165) is 115 Å². The molecule has 8 heteroatoms. The monoisotopic (exact) mass is 844 g/mol. The molecule has 8 aromatic rings. The predicted octanol–water partition coefficient (Wildman–Crippen LogP) is 15.8. The molecule has 0 aromatic heterocycles. The minimum Gasteiger partial charge on any atom is -0.457 e. The molecule has 0 radical (unpaired) electrons. The Morgan fingerprint density at radius 3 is 1.05 bits per heavy atom. The quantitative estimate of drug-likeness (QED) is 0.142. The van der Waals surface area contributed by atoms with Gasteiger partial charge in [-0.1, -0.05) is 133 Å². The lowest BCUT2D eigenvalue weighted by atomic mass is 9.73. The Morgan fingerprint density at radius 1 is 0.365 bits per heavy atom. The van der Waals surface area contributed by atoms with Crippen LogP contribution < -0.4 is 9.47 Å². The van der Waals surface area contributed by atoms with E-state index in [-0.39, 0.29) is 11.5 Å². The molecule has 0 spiro atoms. The Morgan fingerprint density at radius 2 is 0.683 bits per heavy atom. The molecule has 0 atom stereocenters. The molecule has 0 bridgehead atoms. The lowest BCUT2D eigenvalue weighted by Crippen LogP contribution is -2.54. The van der Waals surface area contributed by atoms with Gasteiger partial charge in [0.2, 0.25) is 5.41 Å². The zero-order valence-electron chi connectivity index (χ0n) is 34.2. The van der Waals surface area contributed by atoms with E-state index in [4.69, 9.17) is 9.47 Å². The average Bonchev–Trinajstić information content (AvgIpc) is 3.82. The summed E-state index contributed by atoms with van der Waals surface area (Å²) < 4.78 is 104. The van der Waals surface area contributed by atoms with Gasteiger partial charge < -0.3 is 9.47 Å². The summed E-state index contributed by atoms with van der Waals surface area (Å²) in [4.78, 5) is 0. The number of fused-ring (bicyclic) bond motifs is 6. The maximum absolute atomic E-state index is 15.3. The molecular formula is C55H38F6O2. The number of hydrogen-bond donors (Lipinski definition) is 0. The zero-order chi connectivity index (χ0) is 43.7. The van der Waals surface area contributed by atoms with Gasteiger partial charge in [-0.3, -0.25) is 0 Å². The van der Waals surface area contributed by atoms with Crippen molar-refractivity contribution in [2.24, 2.45) is 0 Å². The van der Waals surface area contributed by atoms with E-state index in [0.29, 0.717) is 24.3 Å². The number of hydrogen-bond acceptors (Lipinski definition) is 2. The Labute approximate surface area is 361 Å². The SMILES string of the molecule is Cc1cc2c(c(-c3ccccc3Oc3ccc(C(c4ccc(Oc5ccccc5-c5cc(C)cc6c5Cc5ccccc5-6)cc4)(C(F)(F)F)C(F)(F)F)cc3)c1)Cc1ccccc1-2. The van der Waals surface area contributed by atoms with Crippen LogP contribution in [0.25, 0.3) is 44.5 Å². The smallest absolute Gasteiger partial charge is 0.411 e. The largest absolute Gasteiger partial charge is 0.457 e. The van der Waals surface area contributed by atoms with Crippen molar-refractivity contribution in [2.75, 3.05) is 0 Å². The van der Waals surface area contributed by atoms with E-state index < -0.39 is 28.9 Å². The summed E-state index contributed by atoms with van der Waals surface area (Å²) in [5.74, 6) is 1.01. The number of para-hydroxylation sites is 2. The van der Waals surface area contributed by atoms with E-state index in [9.17, 15) is 0 Å². The molecule has 8 aromatic carbocycles. The van der Waals surface area contributed by atoms with Crippen LogP contribution in [0.4, 0.5) is 26.3 Å². The number of rotatable bonds is 8. The molecule has 0 fully saturated rings. The second kappa shape index (κ2) is 15.1. The third kappa shape index (κ3) is 6.76. The summed E-state index contributed by atoms with van der Waals surface area (Å²) in [5.41, 5.74) is 8.33. The second-order valence-electron chi connectivity index (χ2n) is 16.3. The highest BCUT2D eigenvalue weighted by molar-refractivity contribution is 5.88. The number of halogens is 6. The van der Waals surface area contributed by atoms with Crippen molar-refractivity contribution >= 4 is 0 Å². The van der Waals surface area contributed by atoms with Crippen LogP contribution in [-0.4, -0.2) is 12.4 Å². The molecule has 0 saturated heterocycles. The van der Waals surface area contributed by atoms with E-state index in [2.05, 4.69) is 48.5 Å². The van der Waals surface area contributed by atoms with Gasteiger partial charge in [0.1, 0.15) is 23.0 Å². The highest BCUT2D eigenvalue weighted by Crippen LogP contribution is 2.57. The fourth-order valence-corrected chi connectivity index (χ4v) is 9.57. The van der Waals surface area contributed by atoms with Crippen LogP contribution in [0.5, 0.6) is 23.0 Å². The van der Waals surface area contributed by atoms with Gasteiger partial charge in [-0.2, -0.15) is 26.3 Å². The van der Waals surface area contributed by atoms with E-state index in [1.807, 2.05) is 62.4 Å². The van der Waals surface area contributed by atoms with Gasteiger partial charge in [-0.25, -0.2) is 0 Å². The summed E-state index contributed by atoms with van der Waals surface area (Å²) in [6.07, 6.45) is -10.1. The van der Waals surface area contributed by atoms with Crippen LogP contribution in [0.2, 0.25) is 0 Å². The van der Waals surface area contributed by atoms with Gasteiger partial charge in [0.25, 0.3) is 0 Å². The van der Waals surface area contributed by atoms with E-state index in [1.54, 1.807) is 24.3 Å². The molecule has 2 aliphatic rings. The summed E-state index contributed by atoms with van der Waals surface area (Å²) in [6.45, 7) is 4.02. The highest BCUT2D eigenvalue weighted by Gasteiger charge is 2.72. The van der Waals surface area contributed by atoms with Gasteiger partial charge in [0, 0.05) is 11.1 Å². The molecule has 0 N–H and O–H groups in total. The third-order valence-corrected chi connectivity index (χ3v) is 12.4. The van der Waals surface area contributed by atoms with E-state index >= 15 is 26.3 Å². The van der Waals surface area contributed by atoms with Gasteiger partial charge in [0.05, 0.1) is 0 Å². The molecule has 0 aliphatic heterocycles. The molecule has 0 unspecified atom stereocenters. The Balaban J connectivity index is 0.963. The molecule has 10 rings (SSSR count). The predicted molar refractivity (Wildman–Crippen MR) is 236 cm³/mol. The number of ether oxygens (including phenoxy) is 2. The van der Waals surface area contributed by atoms with Crippen LogP contribution in [0.15, 0.2) is 170 Å². The third-order valence-electron chi connectivity index (χ3n) is 12.4. The van der Waals surface area contributed by atoms with Gasteiger partial charge >= 0.3 is 12.4 Å². The number of benzene rings is 8. The van der Waals surface area contributed by atoms with E-state index in [1.165, 1.54) is 11.1 Å². The zero-order valence-corrected chi connectivity index (χ0v) is 34.2. The maximum atomic E-state index is 15.3. The molecule has 2 aliphatic carbocycles. The van der Waals surface area contributed by atoms with Crippen molar-refractivity contribution in [2.45, 2.75) is 44.5 Å². The van der Waals surface area contributed by atoms with Crippen LogP contribution in [0.1, 0.15) is 44.5 Å². The van der Waals surface area contributed by atoms with Crippen molar-refractivity contribution in [3.63, 3.8) is 0 Å². The molecule has 312 valence electrons. The van der Waals surface area contributed by atoms with Crippen LogP contribution >= 0.6 is 0 Å². The molecule has 63 heavy (non-hydrogen) atoms. The Kier molecular flexibility index (Phi) is 9.59. The topological polar surface area (TPSA) is 18.5 Å². The lowest BCUT2D eigenvalue weighted by Gasteiger charge is -2.38. The molecule has 0 saturated carbocycles. The van der Waals surface area contributed by atoms with Crippen molar-refractivity contribution in [1.82, 2.24) is 0 Å². The Bertz CT molecular complexity index is 2840. The van der Waals surface area contributed by atoms with Crippen molar-refractivity contribution in [1.29, 1.82) is 0 Å². The fourth-order valence-electron chi connectivity index (χ4n) is 9.57. The summed E-state index contributed by atoms with van der Waals surface area (Å²) >= 11 is 0. The first-order valence-electron chi connectivity index (χ1n) is 20.6. The molecule has 0 amide bonds. The highest BCUT2D eigenvalue weighted by atomic mass is 19.4. The lowest BCUT2D eigenvalue weighted by molar-refractivity contribution is -0.288. The average molecular weight is 845 g/mol. The van der Waals surface area contributed by atoms with Crippen LogP contribution in [0.3, 0.4) is 0 Å². The van der Waals surface area contributed by atoms with Crippen molar-refractivity contribution < 1.29 is 35.8 Å². The first-order valence-corrected chi connectivity index (χ1v) is 20.6. The van der Waals surface area contributed by atoms with Crippen LogP contribution in [-0.2, 0) is 18.3 Å². The standard InChI is InChI=1S/C55H38F6O2/c1-33-27-45-41-13-5-3-11-35(41)31-49(45)47(29-33)43-15-7-9-17-51(43)62-39-23-19-37(20-24-39)53(54(56,57)58,55(59,60)61)38-21-25-40(26-22-38)63-52-18-10-8-16-44(52)48-30-34(2)28-46-42-14-6-4-12-36(42)32-50(46)48/h3-30H,31-32H2,1-2H3. The molecule has 2 nitrogen and oxygen atoms in total. The van der Waals surface area contributed by atoms with Gasteiger partial charge in [0.15, 0.2) is 0 Å². The van der Waals surface area contributed by atoms with Crippen molar-refractivity contribution in [3.8, 4) is 67.5 Å². The maximum Gasteiger partial charge on any atom is 0.411 e. The first kappa shape index (κ1) is 40.0. The van der Waals surface area contributed by atoms with Crippen molar-refractivity contribution in [3.05, 3.63) is 214 Å².